The Kier molecular flexibility index (Phi) is 2.89. The number of hydrogen-bond acceptors (Lipinski definition) is 4. The SMILES string of the molecule is O=C(O)C1Cc2c([nH]c3cccc(S(=O)[O-])c23)CN1. The van der Waals surface area contributed by atoms with Gasteiger partial charge in [-0.3, -0.25) is 14.3 Å². The fourth-order valence-electron chi connectivity index (χ4n) is 2.53. The van der Waals surface area contributed by atoms with E-state index in [1.807, 2.05) is 0 Å². The van der Waals surface area contributed by atoms with Crippen LogP contribution in [-0.2, 0) is 28.8 Å². The van der Waals surface area contributed by atoms with Crippen molar-refractivity contribution in [2.24, 2.45) is 0 Å². The van der Waals surface area contributed by atoms with E-state index in [1.54, 1.807) is 12.1 Å². The Morgan fingerprint density at radius 2 is 2.26 bits per heavy atom. The van der Waals surface area contributed by atoms with Crippen LogP contribution in [0.4, 0.5) is 0 Å². The van der Waals surface area contributed by atoms with Gasteiger partial charge in [-0.2, -0.15) is 0 Å². The molecule has 1 aliphatic rings. The van der Waals surface area contributed by atoms with Gasteiger partial charge >= 0.3 is 5.97 Å². The van der Waals surface area contributed by atoms with E-state index in [2.05, 4.69) is 10.3 Å². The maximum absolute atomic E-state index is 11.3. The molecule has 100 valence electrons. The number of H-pyrrole nitrogens is 1. The van der Waals surface area contributed by atoms with Crippen LogP contribution in [0.2, 0.25) is 0 Å². The number of hydrogen-bond donors (Lipinski definition) is 3. The molecule has 1 aliphatic heterocycles. The number of carboxylic acid groups (broad SMARTS) is 1. The largest absolute Gasteiger partial charge is 0.768 e. The first kappa shape index (κ1) is 12.3. The van der Waals surface area contributed by atoms with Crippen LogP contribution in [0.5, 0.6) is 0 Å². The molecule has 1 aromatic carbocycles. The summed E-state index contributed by atoms with van der Waals surface area (Å²) in [6.07, 6.45) is 0.277. The summed E-state index contributed by atoms with van der Waals surface area (Å²) < 4.78 is 22.5. The number of aliphatic carboxylic acids is 1. The van der Waals surface area contributed by atoms with E-state index in [4.69, 9.17) is 5.11 Å². The molecule has 0 saturated heterocycles. The average molecular weight is 279 g/mol. The monoisotopic (exact) mass is 279 g/mol. The van der Waals surface area contributed by atoms with Crippen molar-refractivity contribution < 1.29 is 18.7 Å². The highest BCUT2D eigenvalue weighted by Crippen LogP contribution is 2.30. The van der Waals surface area contributed by atoms with Gasteiger partial charge in [-0.05, 0) is 28.8 Å². The maximum atomic E-state index is 11.3. The quantitative estimate of drug-likeness (QED) is 0.694. The molecule has 2 unspecified atom stereocenters. The third-order valence-electron chi connectivity index (χ3n) is 3.39. The topological polar surface area (TPSA) is 105 Å². The highest BCUT2D eigenvalue weighted by atomic mass is 32.2. The van der Waals surface area contributed by atoms with Gasteiger partial charge in [-0.1, -0.05) is 6.07 Å². The van der Waals surface area contributed by atoms with E-state index >= 15 is 0 Å². The van der Waals surface area contributed by atoms with Crippen molar-refractivity contribution in [1.29, 1.82) is 0 Å². The lowest BCUT2D eigenvalue weighted by atomic mass is 9.98. The van der Waals surface area contributed by atoms with E-state index in [9.17, 15) is 13.6 Å². The number of benzene rings is 1. The van der Waals surface area contributed by atoms with Gasteiger partial charge in [0.15, 0.2) is 0 Å². The van der Waals surface area contributed by atoms with Crippen LogP contribution < -0.4 is 5.32 Å². The smallest absolute Gasteiger partial charge is 0.321 e. The second-order valence-corrected chi connectivity index (χ2v) is 5.38. The second-order valence-electron chi connectivity index (χ2n) is 4.47. The zero-order valence-corrected chi connectivity index (χ0v) is 10.6. The third kappa shape index (κ3) is 1.95. The lowest BCUT2D eigenvalue weighted by molar-refractivity contribution is -0.139. The van der Waals surface area contributed by atoms with Crippen LogP contribution >= 0.6 is 0 Å². The zero-order valence-electron chi connectivity index (χ0n) is 9.80. The lowest BCUT2D eigenvalue weighted by Gasteiger charge is -2.21. The molecule has 0 spiro atoms. The molecule has 3 N–H and O–H groups in total. The van der Waals surface area contributed by atoms with Gasteiger partial charge in [0.05, 0.1) is 0 Å². The Morgan fingerprint density at radius 3 is 2.95 bits per heavy atom. The maximum Gasteiger partial charge on any atom is 0.321 e. The predicted molar refractivity (Wildman–Crippen MR) is 67.5 cm³/mol. The van der Waals surface area contributed by atoms with Gasteiger partial charge in [0, 0.05) is 34.5 Å². The number of aromatic amines is 1. The molecule has 2 aromatic rings. The molecule has 7 heteroatoms. The average Bonchev–Trinajstić information content (AvgIpc) is 2.75. The highest BCUT2D eigenvalue weighted by molar-refractivity contribution is 7.79. The summed E-state index contributed by atoms with van der Waals surface area (Å²) in [4.78, 5) is 14.4. The molecule has 2 atom stereocenters. The number of carbonyl (C=O) groups is 1. The minimum atomic E-state index is -2.34. The standard InChI is InChI=1S/C12H12N2O4S/c15-12(16)8-4-6-9(5-13-8)14-7-2-1-3-10(11(6)7)19(17)18/h1-3,8,13-14H,4-5H2,(H,15,16)(H,17,18)/p-1. The predicted octanol–water partition coefficient (Wildman–Crippen LogP) is 0.505. The normalized spacial score (nSPS) is 20.2. The first-order chi connectivity index (χ1) is 9.08. The number of nitrogens with one attached hydrogen (secondary N) is 2. The summed E-state index contributed by atoms with van der Waals surface area (Å²) in [5.74, 6) is -0.930. The van der Waals surface area contributed by atoms with Crippen LogP contribution in [0.15, 0.2) is 23.1 Å². The molecule has 19 heavy (non-hydrogen) atoms. The van der Waals surface area contributed by atoms with Gasteiger partial charge in [0.25, 0.3) is 0 Å². The molecular weight excluding hydrogens is 268 g/mol. The molecule has 3 rings (SSSR count). The van der Waals surface area contributed by atoms with E-state index in [0.29, 0.717) is 11.9 Å². The molecule has 6 nitrogen and oxygen atoms in total. The summed E-state index contributed by atoms with van der Waals surface area (Å²) in [6.45, 7) is 0.395. The number of rotatable bonds is 2. The Labute approximate surface area is 111 Å². The molecule has 1 aromatic heterocycles. The Bertz CT molecular complexity index is 694. The lowest BCUT2D eigenvalue weighted by Crippen LogP contribution is -2.41. The van der Waals surface area contributed by atoms with E-state index < -0.39 is 23.1 Å². The summed E-state index contributed by atoms with van der Waals surface area (Å²) in [6, 6.07) is 4.30. The molecule has 0 radical (unpaired) electrons. The Balaban J connectivity index is 2.21. The van der Waals surface area contributed by atoms with Gasteiger partial charge in [-0.25, -0.2) is 0 Å². The van der Waals surface area contributed by atoms with E-state index in [0.717, 1.165) is 16.8 Å². The van der Waals surface area contributed by atoms with Gasteiger partial charge in [0.1, 0.15) is 6.04 Å². The van der Waals surface area contributed by atoms with Crippen molar-refractivity contribution in [3.63, 3.8) is 0 Å². The first-order valence-electron chi connectivity index (χ1n) is 5.76. The molecule has 0 aliphatic carbocycles. The van der Waals surface area contributed by atoms with Crippen molar-refractivity contribution >= 4 is 28.0 Å². The summed E-state index contributed by atoms with van der Waals surface area (Å²) in [5, 5.41) is 12.6. The van der Waals surface area contributed by atoms with Crippen molar-refractivity contribution in [1.82, 2.24) is 10.3 Å². The fourth-order valence-corrected chi connectivity index (χ4v) is 3.12. The minimum absolute atomic E-state index is 0.209. The van der Waals surface area contributed by atoms with Gasteiger partial charge in [-0.15, -0.1) is 0 Å². The summed E-state index contributed by atoms with van der Waals surface area (Å²) in [7, 11) is 0. The second kappa shape index (κ2) is 4.44. The van der Waals surface area contributed by atoms with Crippen LogP contribution in [0.3, 0.4) is 0 Å². The van der Waals surface area contributed by atoms with Crippen LogP contribution in [-0.4, -0.2) is 30.9 Å². The first-order valence-corrected chi connectivity index (χ1v) is 6.83. The van der Waals surface area contributed by atoms with E-state index in [-0.39, 0.29) is 11.3 Å². The number of fused-ring (bicyclic) bond motifs is 3. The van der Waals surface area contributed by atoms with Crippen LogP contribution in [0.25, 0.3) is 10.9 Å². The van der Waals surface area contributed by atoms with Gasteiger partial charge in [0.2, 0.25) is 0 Å². The third-order valence-corrected chi connectivity index (χ3v) is 4.09. The van der Waals surface area contributed by atoms with Crippen molar-refractivity contribution in [2.45, 2.75) is 23.9 Å². The summed E-state index contributed by atoms with van der Waals surface area (Å²) >= 11 is -2.34. The molecule has 0 fully saturated rings. The zero-order chi connectivity index (χ0) is 13.6. The molecular formula is C12H11N2O4S-. The van der Waals surface area contributed by atoms with Crippen molar-refractivity contribution in [2.75, 3.05) is 0 Å². The minimum Gasteiger partial charge on any atom is -0.768 e. The van der Waals surface area contributed by atoms with Crippen LogP contribution in [0, 0.1) is 0 Å². The Morgan fingerprint density at radius 1 is 1.47 bits per heavy atom. The molecule has 0 amide bonds. The Hall–Kier alpha value is -1.70. The number of carboxylic acids is 1. The van der Waals surface area contributed by atoms with Crippen molar-refractivity contribution in [3.05, 3.63) is 29.5 Å². The van der Waals surface area contributed by atoms with Crippen LogP contribution in [0.1, 0.15) is 11.3 Å². The van der Waals surface area contributed by atoms with Crippen molar-refractivity contribution in [3.8, 4) is 0 Å². The molecule has 2 heterocycles. The van der Waals surface area contributed by atoms with Gasteiger partial charge < -0.3 is 14.6 Å². The summed E-state index contributed by atoms with van der Waals surface area (Å²) in [5.41, 5.74) is 2.35. The molecule has 0 saturated carbocycles. The molecule has 0 bridgehead atoms. The fraction of sp³-hybridized carbons (Fsp3) is 0.250. The highest BCUT2D eigenvalue weighted by Gasteiger charge is 2.27. The number of aromatic nitrogens is 1. The van der Waals surface area contributed by atoms with E-state index in [1.165, 1.54) is 6.07 Å².